The summed E-state index contributed by atoms with van der Waals surface area (Å²) in [6.07, 6.45) is 4.33. The summed E-state index contributed by atoms with van der Waals surface area (Å²) < 4.78 is 10.5. The summed E-state index contributed by atoms with van der Waals surface area (Å²) in [4.78, 5) is 40.9. The van der Waals surface area contributed by atoms with Crippen molar-refractivity contribution < 1.29 is 23.9 Å². The molecule has 37 heavy (non-hydrogen) atoms. The van der Waals surface area contributed by atoms with E-state index in [1.807, 2.05) is 18.2 Å². The average Bonchev–Trinajstić information content (AvgIpc) is 3.30. The number of methoxy groups -OCH3 is 1. The number of esters is 1. The van der Waals surface area contributed by atoms with Crippen LogP contribution in [-0.4, -0.2) is 36.5 Å². The van der Waals surface area contributed by atoms with Gasteiger partial charge in [0.15, 0.2) is 6.61 Å². The lowest BCUT2D eigenvalue weighted by molar-refractivity contribution is -0.119. The van der Waals surface area contributed by atoms with Crippen LogP contribution < -0.4 is 15.4 Å². The lowest BCUT2D eigenvalue weighted by atomic mass is 9.95. The van der Waals surface area contributed by atoms with Crippen molar-refractivity contribution in [3.05, 3.63) is 89.1 Å². The maximum Gasteiger partial charge on any atom is 0.338 e. The Morgan fingerprint density at radius 2 is 1.65 bits per heavy atom. The molecule has 4 aromatic rings. The highest BCUT2D eigenvalue weighted by molar-refractivity contribution is 6.05. The first-order chi connectivity index (χ1) is 18.0. The number of aromatic amines is 1. The van der Waals surface area contributed by atoms with Gasteiger partial charge in [-0.2, -0.15) is 0 Å². The average molecular weight is 498 g/mol. The molecule has 1 aliphatic rings. The highest BCUT2D eigenvalue weighted by atomic mass is 16.5. The second-order valence-corrected chi connectivity index (χ2v) is 8.91. The van der Waals surface area contributed by atoms with Gasteiger partial charge in [-0.3, -0.25) is 9.59 Å². The van der Waals surface area contributed by atoms with Crippen LogP contribution in [0.25, 0.3) is 10.9 Å². The van der Waals surface area contributed by atoms with Gasteiger partial charge in [-0.05, 0) is 85.8 Å². The Labute approximate surface area is 214 Å². The number of H-pyrrole nitrogens is 1. The van der Waals surface area contributed by atoms with Gasteiger partial charge in [-0.15, -0.1) is 0 Å². The van der Waals surface area contributed by atoms with E-state index in [1.54, 1.807) is 48.5 Å². The van der Waals surface area contributed by atoms with Crippen molar-refractivity contribution >= 4 is 40.1 Å². The highest BCUT2D eigenvalue weighted by Gasteiger charge is 2.18. The lowest BCUT2D eigenvalue weighted by Crippen LogP contribution is -2.21. The molecule has 0 unspecified atom stereocenters. The van der Waals surface area contributed by atoms with Gasteiger partial charge in [-0.25, -0.2) is 4.79 Å². The van der Waals surface area contributed by atoms with Crippen LogP contribution in [0.1, 0.15) is 44.8 Å². The second-order valence-electron chi connectivity index (χ2n) is 8.91. The normalized spacial score (nSPS) is 12.5. The summed E-state index contributed by atoms with van der Waals surface area (Å²) in [5.41, 5.74) is 5.40. The zero-order chi connectivity index (χ0) is 25.8. The van der Waals surface area contributed by atoms with Gasteiger partial charge >= 0.3 is 5.97 Å². The Kier molecular flexibility index (Phi) is 6.89. The molecule has 0 aliphatic heterocycles. The largest absolute Gasteiger partial charge is 0.495 e. The fourth-order valence-corrected chi connectivity index (χ4v) is 4.59. The number of rotatable bonds is 7. The molecule has 0 atom stereocenters. The van der Waals surface area contributed by atoms with Crippen LogP contribution in [0.5, 0.6) is 5.75 Å². The lowest BCUT2D eigenvalue weighted by Gasteiger charge is -2.11. The Balaban J connectivity index is 1.16. The topological polar surface area (TPSA) is 110 Å². The maximum atomic E-state index is 12.6. The molecule has 0 radical (unpaired) electrons. The molecule has 3 N–H and O–H groups in total. The number of fused-ring (bicyclic) bond motifs is 3. The summed E-state index contributed by atoms with van der Waals surface area (Å²) in [7, 11) is 1.53. The minimum Gasteiger partial charge on any atom is -0.495 e. The molecule has 8 nitrogen and oxygen atoms in total. The van der Waals surface area contributed by atoms with Crippen LogP contribution in [-0.2, 0) is 22.4 Å². The van der Waals surface area contributed by atoms with Crippen LogP contribution in [0, 0.1) is 0 Å². The first-order valence-corrected chi connectivity index (χ1v) is 12.2. The van der Waals surface area contributed by atoms with Crippen molar-refractivity contribution in [1.82, 2.24) is 4.98 Å². The first-order valence-electron chi connectivity index (χ1n) is 12.2. The quantitative estimate of drug-likeness (QED) is 0.308. The van der Waals surface area contributed by atoms with E-state index in [2.05, 4.69) is 15.6 Å². The molecule has 5 rings (SSSR count). The third-order valence-corrected chi connectivity index (χ3v) is 6.45. The van der Waals surface area contributed by atoms with E-state index in [1.165, 1.54) is 24.8 Å². The maximum absolute atomic E-state index is 12.6. The van der Waals surface area contributed by atoms with E-state index in [0.29, 0.717) is 28.3 Å². The zero-order valence-corrected chi connectivity index (χ0v) is 20.4. The number of carbonyl (C=O) groups excluding carboxylic acids is 3. The summed E-state index contributed by atoms with van der Waals surface area (Å²) in [6, 6.07) is 19.0. The van der Waals surface area contributed by atoms with Gasteiger partial charge in [0.2, 0.25) is 0 Å². The molecule has 8 heteroatoms. The van der Waals surface area contributed by atoms with Gasteiger partial charge in [0.05, 0.1) is 18.4 Å². The number of anilines is 2. The smallest absolute Gasteiger partial charge is 0.338 e. The molecule has 0 saturated carbocycles. The molecule has 188 valence electrons. The molecule has 3 aromatic carbocycles. The molecule has 0 bridgehead atoms. The molecular formula is C29H27N3O5. The van der Waals surface area contributed by atoms with Gasteiger partial charge in [0.25, 0.3) is 11.8 Å². The third-order valence-electron chi connectivity index (χ3n) is 6.45. The number of amides is 2. The van der Waals surface area contributed by atoms with Crippen LogP contribution in [0.3, 0.4) is 0 Å². The molecule has 2 amide bonds. The monoisotopic (exact) mass is 497 g/mol. The Bertz CT molecular complexity index is 1470. The number of carbonyl (C=O) groups is 3. The van der Waals surface area contributed by atoms with E-state index >= 15 is 0 Å². The zero-order valence-electron chi connectivity index (χ0n) is 20.4. The number of aryl methyl sites for hydroxylation is 2. The van der Waals surface area contributed by atoms with Crippen LogP contribution in [0.15, 0.2) is 66.7 Å². The number of nitrogens with one attached hydrogen (secondary N) is 3. The van der Waals surface area contributed by atoms with Crippen molar-refractivity contribution in [1.29, 1.82) is 0 Å². The number of benzene rings is 3. The van der Waals surface area contributed by atoms with Crippen molar-refractivity contribution in [2.45, 2.75) is 25.7 Å². The number of hydrogen-bond acceptors (Lipinski definition) is 5. The Hall–Kier alpha value is -4.59. The second kappa shape index (κ2) is 10.6. The van der Waals surface area contributed by atoms with Crippen LogP contribution in [0.4, 0.5) is 11.4 Å². The van der Waals surface area contributed by atoms with Crippen LogP contribution >= 0.6 is 0 Å². The fraction of sp³-hybridized carbons (Fsp3) is 0.207. The van der Waals surface area contributed by atoms with Crippen molar-refractivity contribution in [2.24, 2.45) is 0 Å². The minimum atomic E-state index is -0.550. The predicted molar refractivity (Wildman–Crippen MR) is 141 cm³/mol. The van der Waals surface area contributed by atoms with Crippen molar-refractivity contribution in [3.8, 4) is 5.75 Å². The predicted octanol–water partition coefficient (Wildman–Crippen LogP) is 5.10. The molecule has 0 spiro atoms. The summed E-state index contributed by atoms with van der Waals surface area (Å²) >= 11 is 0. The summed E-state index contributed by atoms with van der Waals surface area (Å²) in [5.74, 6) is -0.774. The number of ether oxygens (including phenoxy) is 2. The SMILES string of the molecule is COc1ccccc1NC(=O)c1ccc(NC(=O)COC(=O)c2ccc3[nH]c4c(c3c2)CCCC4)cc1. The highest BCUT2D eigenvalue weighted by Crippen LogP contribution is 2.30. The van der Waals surface area contributed by atoms with Gasteiger partial charge in [0.1, 0.15) is 5.75 Å². The first kappa shape index (κ1) is 24.1. The third kappa shape index (κ3) is 5.33. The van der Waals surface area contributed by atoms with Gasteiger partial charge < -0.3 is 25.1 Å². The number of hydrogen-bond donors (Lipinski definition) is 3. The summed E-state index contributed by atoms with van der Waals surface area (Å²) in [5, 5.41) is 6.52. The van der Waals surface area contributed by atoms with Crippen molar-refractivity contribution in [3.63, 3.8) is 0 Å². The van der Waals surface area contributed by atoms with E-state index in [-0.39, 0.29) is 5.91 Å². The summed E-state index contributed by atoms with van der Waals surface area (Å²) in [6.45, 7) is -0.418. The van der Waals surface area contributed by atoms with E-state index < -0.39 is 18.5 Å². The van der Waals surface area contributed by atoms with E-state index in [4.69, 9.17) is 9.47 Å². The minimum absolute atomic E-state index is 0.308. The number of para-hydroxylation sites is 2. The van der Waals surface area contributed by atoms with Crippen molar-refractivity contribution in [2.75, 3.05) is 24.4 Å². The molecule has 0 saturated heterocycles. The van der Waals surface area contributed by atoms with E-state index in [9.17, 15) is 14.4 Å². The molecule has 1 aromatic heterocycles. The fourth-order valence-electron chi connectivity index (χ4n) is 4.59. The van der Waals surface area contributed by atoms with Crippen LogP contribution in [0.2, 0.25) is 0 Å². The van der Waals surface area contributed by atoms with E-state index in [0.717, 1.165) is 30.2 Å². The Morgan fingerprint density at radius 1 is 0.892 bits per heavy atom. The standard InChI is InChI=1S/C29H27N3O5/c1-36-26-9-5-4-8-25(26)32-28(34)18-10-13-20(14-11-18)30-27(33)17-37-29(35)19-12-15-24-22(16-19)21-6-2-3-7-23(21)31-24/h4-5,8-16,31H,2-3,6-7,17H2,1H3,(H,30,33)(H,32,34). The Morgan fingerprint density at radius 3 is 2.46 bits per heavy atom. The van der Waals surface area contributed by atoms with Gasteiger partial charge in [0, 0.05) is 27.8 Å². The van der Waals surface area contributed by atoms with Gasteiger partial charge in [-0.1, -0.05) is 12.1 Å². The molecule has 0 fully saturated rings. The number of aromatic nitrogens is 1. The molecule has 1 aliphatic carbocycles. The molecule has 1 heterocycles. The molecular weight excluding hydrogens is 470 g/mol.